The molecule has 0 saturated carbocycles. The predicted molar refractivity (Wildman–Crippen MR) is 133 cm³/mol. The molecule has 0 aliphatic carbocycles. The second-order valence-electron chi connectivity index (χ2n) is 8.50. The number of methoxy groups -OCH3 is 1. The van der Waals surface area contributed by atoms with Crippen molar-refractivity contribution < 1.29 is 30.9 Å². The van der Waals surface area contributed by atoms with Crippen LogP contribution in [0, 0.1) is 11.7 Å². The third kappa shape index (κ3) is 7.10. The molecular weight excluding hydrogens is 485 g/mol. The Bertz CT molecular complexity index is 1230. The molecule has 3 aromatic rings. The second kappa shape index (κ2) is 12.6. The van der Waals surface area contributed by atoms with Gasteiger partial charge in [0.1, 0.15) is 16.5 Å². The Morgan fingerprint density at radius 3 is 2.42 bits per heavy atom. The number of furan rings is 1. The first-order chi connectivity index (χ1) is 17.3. The first kappa shape index (κ1) is 27.3. The van der Waals surface area contributed by atoms with Gasteiger partial charge in [-0.15, -0.1) is 0 Å². The number of hydrogen-bond donors (Lipinski definition) is 0. The highest BCUT2D eigenvalue weighted by Crippen LogP contribution is 2.32. The standard InChI is InChI=1S/C27H32FNO6S/c1-4-6-8-21(5-2)27(30)29(19-23-9-7-16-34-23)18-20-10-15-25(33-3)26(17-20)35-36(31,32)24-13-11-22(28)12-14-24/h7,9-17,21H,4-6,8,18-19H2,1-3H3/t21-/m1/s1. The summed E-state index contributed by atoms with van der Waals surface area (Å²) in [6.07, 6.45) is 5.05. The number of nitrogens with zero attached hydrogens (tertiary/aromatic N) is 1. The molecule has 1 atom stereocenters. The maximum Gasteiger partial charge on any atom is 0.339 e. The number of amides is 1. The monoisotopic (exact) mass is 517 g/mol. The Kier molecular flexibility index (Phi) is 9.52. The fraction of sp³-hybridized carbons (Fsp3) is 0.370. The normalized spacial score (nSPS) is 12.2. The smallest absolute Gasteiger partial charge is 0.339 e. The molecule has 1 amide bonds. The lowest BCUT2D eigenvalue weighted by molar-refractivity contribution is -0.137. The number of ether oxygens (including phenoxy) is 1. The van der Waals surface area contributed by atoms with Gasteiger partial charge in [-0.25, -0.2) is 4.39 Å². The van der Waals surface area contributed by atoms with Crippen molar-refractivity contribution in [1.29, 1.82) is 0 Å². The largest absolute Gasteiger partial charge is 0.493 e. The van der Waals surface area contributed by atoms with Crippen LogP contribution in [-0.4, -0.2) is 26.3 Å². The number of carbonyl (C=O) groups excluding carboxylic acids is 1. The Labute approximate surface area is 212 Å². The van der Waals surface area contributed by atoms with Crippen LogP contribution < -0.4 is 8.92 Å². The van der Waals surface area contributed by atoms with Crippen molar-refractivity contribution in [3.63, 3.8) is 0 Å². The van der Waals surface area contributed by atoms with Crippen LogP contribution in [0.4, 0.5) is 4.39 Å². The molecule has 0 spiro atoms. The zero-order chi connectivity index (χ0) is 26.1. The predicted octanol–water partition coefficient (Wildman–Crippen LogP) is 5.94. The lowest BCUT2D eigenvalue weighted by atomic mass is 9.97. The highest BCUT2D eigenvalue weighted by molar-refractivity contribution is 7.87. The fourth-order valence-corrected chi connectivity index (χ4v) is 4.82. The molecule has 0 aliphatic rings. The molecule has 0 radical (unpaired) electrons. The zero-order valence-electron chi connectivity index (χ0n) is 20.8. The molecule has 0 saturated heterocycles. The number of unbranched alkanes of at least 4 members (excludes halogenated alkanes) is 1. The molecule has 1 heterocycles. The van der Waals surface area contributed by atoms with Crippen molar-refractivity contribution in [3.05, 3.63) is 78.0 Å². The molecular formula is C27H32FNO6S. The van der Waals surface area contributed by atoms with Crippen LogP contribution in [0.25, 0.3) is 0 Å². The van der Waals surface area contributed by atoms with Crippen LogP contribution >= 0.6 is 0 Å². The third-order valence-corrected chi connectivity index (χ3v) is 7.14. The molecule has 7 nitrogen and oxygen atoms in total. The topological polar surface area (TPSA) is 86.0 Å². The van der Waals surface area contributed by atoms with E-state index in [1.807, 2.05) is 13.0 Å². The summed E-state index contributed by atoms with van der Waals surface area (Å²) >= 11 is 0. The molecule has 0 aliphatic heterocycles. The SMILES string of the molecule is CCCC[C@@H](CC)C(=O)N(Cc1ccc(OC)c(OS(=O)(=O)c2ccc(F)cc2)c1)Cc1ccco1. The van der Waals surface area contributed by atoms with Gasteiger partial charge in [0.15, 0.2) is 11.5 Å². The van der Waals surface area contributed by atoms with E-state index in [9.17, 15) is 17.6 Å². The van der Waals surface area contributed by atoms with E-state index < -0.39 is 15.9 Å². The summed E-state index contributed by atoms with van der Waals surface area (Å²) in [7, 11) is -2.83. The molecule has 0 bridgehead atoms. The van der Waals surface area contributed by atoms with Crippen LogP contribution in [0.2, 0.25) is 0 Å². The number of benzene rings is 2. The molecule has 9 heteroatoms. The van der Waals surface area contributed by atoms with Gasteiger partial charge >= 0.3 is 10.1 Å². The van der Waals surface area contributed by atoms with E-state index in [0.717, 1.165) is 49.9 Å². The van der Waals surface area contributed by atoms with Crippen molar-refractivity contribution in [2.24, 2.45) is 5.92 Å². The van der Waals surface area contributed by atoms with Gasteiger partial charge in [-0.1, -0.05) is 32.8 Å². The summed E-state index contributed by atoms with van der Waals surface area (Å²) in [5.41, 5.74) is 0.658. The van der Waals surface area contributed by atoms with Crippen LogP contribution in [0.15, 0.2) is 70.2 Å². The van der Waals surface area contributed by atoms with Crippen molar-refractivity contribution >= 4 is 16.0 Å². The van der Waals surface area contributed by atoms with Crippen molar-refractivity contribution in [2.45, 2.75) is 57.5 Å². The van der Waals surface area contributed by atoms with Gasteiger partial charge in [0.25, 0.3) is 0 Å². The van der Waals surface area contributed by atoms with E-state index in [-0.39, 0.29) is 41.3 Å². The first-order valence-electron chi connectivity index (χ1n) is 12.0. The maximum atomic E-state index is 13.5. The van der Waals surface area contributed by atoms with Gasteiger partial charge in [-0.05, 0) is 66.9 Å². The van der Waals surface area contributed by atoms with E-state index in [2.05, 4.69) is 6.92 Å². The number of rotatable bonds is 13. The molecule has 0 N–H and O–H groups in total. The Hall–Kier alpha value is -3.33. The van der Waals surface area contributed by atoms with E-state index >= 15 is 0 Å². The molecule has 0 fully saturated rings. The van der Waals surface area contributed by atoms with Crippen molar-refractivity contribution in [1.82, 2.24) is 4.90 Å². The second-order valence-corrected chi connectivity index (χ2v) is 10.0. The molecule has 194 valence electrons. The quantitative estimate of drug-likeness (QED) is 0.261. The molecule has 36 heavy (non-hydrogen) atoms. The van der Waals surface area contributed by atoms with Crippen molar-refractivity contribution in [2.75, 3.05) is 7.11 Å². The Morgan fingerprint density at radius 2 is 1.81 bits per heavy atom. The van der Waals surface area contributed by atoms with Gasteiger partial charge in [0.2, 0.25) is 5.91 Å². The summed E-state index contributed by atoms with van der Waals surface area (Å²) < 4.78 is 55.0. The minimum Gasteiger partial charge on any atom is -0.493 e. The van der Waals surface area contributed by atoms with Gasteiger partial charge < -0.3 is 18.2 Å². The van der Waals surface area contributed by atoms with E-state index in [1.165, 1.54) is 13.2 Å². The minimum atomic E-state index is -4.24. The third-order valence-electron chi connectivity index (χ3n) is 5.89. The molecule has 1 aromatic heterocycles. The van der Waals surface area contributed by atoms with Crippen LogP contribution in [0.1, 0.15) is 50.9 Å². The molecule has 0 unspecified atom stereocenters. The van der Waals surface area contributed by atoms with Crippen molar-refractivity contribution in [3.8, 4) is 11.5 Å². The molecule has 2 aromatic carbocycles. The Morgan fingerprint density at radius 1 is 1.06 bits per heavy atom. The number of hydrogen-bond acceptors (Lipinski definition) is 6. The lowest BCUT2D eigenvalue weighted by Crippen LogP contribution is -2.35. The highest BCUT2D eigenvalue weighted by atomic mass is 32.2. The summed E-state index contributed by atoms with van der Waals surface area (Å²) in [6.45, 7) is 4.60. The highest BCUT2D eigenvalue weighted by Gasteiger charge is 2.25. The lowest BCUT2D eigenvalue weighted by Gasteiger charge is -2.27. The average molecular weight is 518 g/mol. The van der Waals surface area contributed by atoms with Crippen LogP contribution in [-0.2, 0) is 28.0 Å². The van der Waals surface area contributed by atoms with E-state index in [1.54, 1.807) is 29.4 Å². The number of carbonyl (C=O) groups is 1. The summed E-state index contributed by atoms with van der Waals surface area (Å²) in [4.78, 5) is 15.0. The minimum absolute atomic E-state index is 0.0135. The first-order valence-corrected chi connectivity index (χ1v) is 13.4. The number of halogens is 1. The fourth-order valence-electron chi connectivity index (χ4n) is 3.89. The summed E-state index contributed by atoms with van der Waals surface area (Å²) in [6, 6.07) is 12.8. The average Bonchev–Trinajstić information content (AvgIpc) is 3.37. The van der Waals surface area contributed by atoms with Gasteiger partial charge in [-0.3, -0.25) is 4.79 Å². The van der Waals surface area contributed by atoms with Gasteiger partial charge in [0.05, 0.1) is 19.9 Å². The van der Waals surface area contributed by atoms with E-state index in [4.69, 9.17) is 13.3 Å². The van der Waals surface area contributed by atoms with Crippen LogP contribution in [0.3, 0.4) is 0 Å². The summed E-state index contributed by atoms with van der Waals surface area (Å²) in [5.74, 6) is 0.175. The maximum absolute atomic E-state index is 13.5. The van der Waals surface area contributed by atoms with E-state index in [0.29, 0.717) is 11.3 Å². The van der Waals surface area contributed by atoms with Gasteiger partial charge in [0, 0.05) is 12.5 Å². The summed E-state index contributed by atoms with van der Waals surface area (Å²) in [5, 5.41) is 0. The van der Waals surface area contributed by atoms with Crippen LogP contribution in [0.5, 0.6) is 11.5 Å². The molecule has 3 rings (SSSR count). The Balaban J connectivity index is 1.89. The van der Waals surface area contributed by atoms with Gasteiger partial charge in [-0.2, -0.15) is 8.42 Å². The zero-order valence-corrected chi connectivity index (χ0v) is 21.6.